The van der Waals surface area contributed by atoms with Crippen LogP contribution in [0.3, 0.4) is 0 Å². The Bertz CT molecular complexity index is 591. The van der Waals surface area contributed by atoms with Crippen LogP contribution in [-0.4, -0.2) is 0 Å². The Morgan fingerprint density at radius 2 is 1.71 bits per heavy atom. The number of aryl methyl sites for hydroxylation is 2. The van der Waals surface area contributed by atoms with Gasteiger partial charge >= 0.3 is 0 Å². The molecule has 2 aromatic rings. The maximum Gasteiger partial charge on any atom is 0.105 e. The normalized spacial score (nSPS) is 17.9. The molecule has 2 heteroatoms. The summed E-state index contributed by atoms with van der Waals surface area (Å²) in [5.74, 6) is 2.76. The lowest BCUT2D eigenvalue weighted by Crippen LogP contribution is -2.04. The quantitative estimate of drug-likeness (QED) is 0.583. The van der Waals surface area contributed by atoms with Gasteiger partial charge in [0.15, 0.2) is 0 Å². The summed E-state index contributed by atoms with van der Waals surface area (Å²) in [7, 11) is 0. The van der Waals surface area contributed by atoms with E-state index in [0.29, 0.717) is 0 Å². The van der Waals surface area contributed by atoms with Crippen LogP contribution in [0, 0.1) is 13.8 Å². The van der Waals surface area contributed by atoms with Crippen LogP contribution < -0.4 is 0 Å². The molecule has 0 aliphatic heterocycles. The van der Waals surface area contributed by atoms with Gasteiger partial charge in [-0.2, -0.15) is 0 Å². The van der Waals surface area contributed by atoms with Gasteiger partial charge in [-0.1, -0.05) is 59.5 Å². The van der Waals surface area contributed by atoms with Gasteiger partial charge in [0.05, 0.1) is 4.83 Å². The number of benzene rings is 1. The highest BCUT2D eigenvalue weighted by Gasteiger charge is 2.18. The van der Waals surface area contributed by atoms with Gasteiger partial charge in [0.2, 0.25) is 0 Å². The summed E-state index contributed by atoms with van der Waals surface area (Å²) in [5.41, 5.74) is 4.05. The van der Waals surface area contributed by atoms with E-state index in [1.165, 1.54) is 48.8 Å². The Kier molecular flexibility index (Phi) is 4.54. The van der Waals surface area contributed by atoms with Crippen LogP contribution in [0.15, 0.2) is 34.7 Å². The average Bonchev–Trinajstić information content (AvgIpc) is 2.86. The summed E-state index contributed by atoms with van der Waals surface area (Å²) in [5, 5.41) is 0. The van der Waals surface area contributed by atoms with Gasteiger partial charge in [0, 0.05) is 5.56 Å². The van der Waals surface area contributed by atoms with E-state index in [2.05, 4.69) is 46.3 Å². The first-order valence-corrected chi connectivity index (χ1v) is 8.87. The Morgan fingerprint density at radius 3 is 2.29 bits per heavy atom. The molecule has 1 aromatic carbocycles. The Hall–Kier alpha value is -1.02. The van der Waals surface area contributed by atoms with Crippen LogP contribution in [0.25, 0.3) is 0 Å². The molecule has 1 nitrogen and oxygen atoms in total. The third-order valence-corrected chi connectivity index (χ3v) is 5.68. The molecule has 0 bridgehead atoms. The van der Waals surface area contributed by atoms with Crippen molar-refractivity contribution in [1.82, 2.24) is 0 Å². The lowest BCUT2D eigenvalue weighted by Gasteiger charge is -2.22. The number of furan rings is 1. The maximum atomic E-state index is 5.65. The molecule has 0 amide bonds. The molecule has 1 saturated carbocycles. The van der Waals surface area contributed by atoms with E-state index in [1.54, 1.807) is 0 Å². The fraction of sp³-hybridized carbons (Fsp3) is 0.474. The van der Waals surface area contributed by atoms with Crippen molar-refractivity contribution < 1.29 is 4.42 Å². The van der Waals surface area contributed by atoms with E-state index in [9.17, 15) is 0 Å². The molecule has 1 aliphatic rings. The van der Waals surface area contributed by atoms with Crippen LogP contribution in [0.4, 0.5) is 0 Å². The van der Waals surface area contributed by atoms with Gasteiger partial charge in [-0.25, -0.2) is 0 Å². The molecule has 3 rings (SSSR count). The van der Waals surface area contributed by atoms with Gasteiger partial charge in [-0.05, 0) is 49.8 Å². The lowest BCUT2D eigenvalue weighted by atomic mass is 9.84. The second-order valence-electron chi connectivity index (χ2n) is 6.23. The van der Waals surface area contributed by atoms with Gasteiger partial charge < -0.3 is 4.42 Å². The zero-order chi connectivity index (χ0) is 14.8. The summed E-state index contributed by atoms with van der Waals surface area (Å²) in [4.78, 5) is 0.218. The van der Waals surface area contributed by atoms with E-state index < -0.39 is 0 Å². The van der Waals surface area contributed by atoms with E-state index in [4.69, 9.17) is 4.42 Å². The summed E-state index contributed by atoms with van der Waals surface area (Å²) in [6.07, 6.45) is 6.91. The number of rotatable bonds is 3. The molecular weight excluding hydrogens is 324 g/mol. The topological polar surface area (TPSA) is 13.1 Å². The van der Waals surface area contributed by atoms with E-state index in [0.717, 1.165) is 17.4 Å². The van der Waals surface area contributed by atoms with Gasteiger partial charge in [0.1, 0.15) is 11.5 Å². The Balaban J connectivity index is 1.78. The molecule has 112 valence electrons. The molecule has 1 atom stereocenters. The molecule has 1 unspecified atom stereocenters. The maximum absolute atomic E-state index is 5.65. The van der Waals surface area contributed by atoms with E-state index >= 15 is 0 Å². The first kappa shape index (κ1) is 14.9. The predicted octanol–water partition coefficient (Wildman–Crippen LogP) is 6.43. The molecule has 1 heterocycles. The van der Waals surface area contributed by atoms with E-state index in [-0.39, 0.29) is 4.83 Å². The number of hydrogen-bond donors (Lipinski definition) is 0. The van der Waals surface area contributed by atoms with E-state index in [1.807, 2.05) is 13.8 Å². The molecular formula is C19H23BrO. The van der Waals surface area contributed by atoms with Gasteiger partial charge in [-0.3, -0.25) is 0 Å². The number of alkyl halides is 1. The van der Waals surface area contributed by atoms with Crippen molar-refractivity contribution in [3.63, 3.8) is 0 Å². The monoisotopic (exact) mass is 346 g/mol. The second kappa shape index (κ2) is 6.39. The van der Waals surface area contributed by atoms with Crippen LogP contribution in [0.2, 0.25) is 0 Å². The molecule has 1 aliphatic carbocycles. The Morgan fingerprint density at radius 1 is 1.05 bits per heavy atom. The predicted molar refractivity (Wildman–Crippen MR) is 91.2 cm³/mol. The summed E-state index contributed by atoms with van der Waals surface area (Å²) >= 11 is 3.82. The fourth-order valence-electron chi connectivity index (χ4n) is 3.45. The zero-order valence-corrected chi connectivity index (χ0v) is 14.4. The van der Waals surface area contributed by atoms with Crippen molar-refractivity contribution in [3.8, 4) is 0 Å². The smallest absolute Gasteiger partial charge is 0.105 e. The summed E-state index contributed by atoms with van der Waals surface area (Å²) in [6, 6.07) is 11.3. The Labute approximate surface area is 135 Å². The molecule has 21 heavy (non-hydrogen) atoms. The van der Waals surface area contributed by atoms with Crippen LogP contribution in [-0.2, 0) is 0 Å². The second-order valence-corrected chi connectivity index (χ2v) is 7.15. The van der Waals surface area contributed by atoms with Crippen molar-refractivity contribution in [2.45, 2.75) is 56.7 Å². The van der Waals surface area contributed by atoms with Crippen LogP contribution in [0.5, 0.6) is 0 Å². The number of halogens is 1. The fourth-order valence-corrected chi connectivity index (χ4v) is 4.21. The number of hydrogen-bond acceptors (Lipinski definition) is 1. The largest absolute Gasteiger partial charge is 0.466 e. The van der Waals surface area contributed by atoms with Crippen LogP contribution in [0.1, 0.15) is 71.1 Å². The third-order valence-electron chi connectivity index (χ3n) is 4.66. The molecule has 0 saturated heterocycles. The lowest BCUT2D eigenvalue weighted by molar-refractivity contribution is 0.443. The highest BCUT2D eigenvalue weighted by molar-refractivity contribution is 9.09. The average molecular weight is 347 g/mol. The highest BCUT2D eigenvalue weighted by Crippen LogP contribution is 2.37. The third kappa shape index (κ3) is 3.26. The van der Waals surface area contributed by atoms with Crippen molar-refractivity contribution >= 4 is 15.9 Å². The minimum absolute atomic E-state index is 0.218. The van der Waals surface area contributed by atoms with Crippen molar-refractivity contribution in [2.24, 2.45) is 0 Å². The van der Waals surface area contributed by atoms with Gasteiger partial charge in [0.25, 0.3) is 0 Å². The summed E-state index contributed by atoms with van der Waals surface area (Å²) < 4.78 is 5.65. The first-order chi connectivity index (χ1) is 10.1. The zero-order valence-electron chi connectivity index (χ0n) is 12.9. The van der Waals surface area contributed by atoms with Crippen LogP contribution >= 0.6 is 15.9 Å². The minimum atomic E-state index is 0.218. The first-order valence-electron chi connectivity index (χ1n) is 7.96. The summed E-state index contributed by atoms with van der Waals surface area (Å²) in [6.45, 7) is 4.04. The van der Waals surface area contributed by atoms with Crippen molar-refractivity contribution in [1.29, 1.82) is 0 Å². The van der Waals surface area contributed by atoms with Crippen molar-refractivity contribution in [2.75, 3.05) is 0 Å². The highest BCUT2D eigenvalue weighted by atomic mass is 79.9. The molecule has 0 radical (unpaired) electrons. The molecule has 0 spiro atoms. The standard InChI is InChI=1S/C19H23BrO/c1-13-12-18(14(2)21-13)19(20)17-10-8-16(9-11-17)15-6-4-3-5-7-15/h8-12,15,19H,3-7H2,1-2H3. The van der Waals surface area contributed by atoms with Crippen molar-refractivity contribution in [3.05, 3.63) is 58.5 Å². The van der Waals surface area contributed by atoms with Gasteiger partial charge in [-0.15, -0.1) is 0 Å². The SMILES string of the molecule is Cc1cc(C(Br)c2ccc(C3CCCCC3)cc2)c(C)o1. The molecule has 0 N–H and O–H groups in total. The molecule has 1 aromatic heterocycles. The minimum Gasteiger partial charge on any atom is -0.466 e. The molecule has 1 fully saturated rings.